The van der Waals surface area contributed by atoms with Crippen LogP contribution in [0.15, 0.2) is 17.5 Å². The summed E-state index contributed by atoms with van der Waals surface area (Å²) in [5.74, 6) is -0.944. The van der Waals surface area contributed by atoms with Gasteiger partial charge in [-0.05, 0) is 25.1 Å². The number of carbonyl (C=O) groups is 2. The maximum absolute atomic E-state index is 12.4. The van der Waals surface area contributed by atoms with Crippen molar-refractivity contribution in [3.8, 4) is 0 Å². The van der Waals surface area contributed by atoms with E-state index in [9.17, 15) is 9.59 Å². The van der Waals surface area contributed by atoms with E-state index in [-0.39, 0.29) is 5.91 Å². The van der Waals surface area contributed by atoms with Gasteiger partial charge in [0.25, 0.3) is 5.91 Å². The number of carboxylic acid groups (broad SMARTS) is 1. The van der Waals surface area contributed by atoms with Crippen molar-refractivity contribution in [2.45, 2.75) is 13.3 Å². The zero-order chi connectivity index (χ0) is 15.2. The number of piperazine rings is 1. The van der Waals surface area contributed by atoms with Gasteiger partial charge < -0.3 is 10.0 Å². The summed E-state index contributed by atoms with van der Waals surface area (Å²) < 4.78 is 0. The Morgan fingerprint density at radius 3 is 2.67 bits per heavy atom. The molecule has 0 atom stereocenters. The minimum Gasteiger partial charge on any atom is -0.478 e. The molecule has 0 saturated carbocycles. The van der Waals surface area contributed by atoms with Gasteiger partial charge in [0.15, 0.2) is 0 Å². The highest BCUT2D eigenvalue weighted by molar-refractivity contribution is 7.11. The van der Waals surface area contributed by atoms with Gasteiger partial charge in [0.1, 0.15) is 0 Å². The molecule has 21 heavy (non-hydrogen) atoms. The third-order valence-electron chi connectivity index (χ3n) is 3.46. The van der Waals surface area contributed by atoms with Crippen LogP contribution in [0.4, 0.5) is 0 Å². The zero-order valence-electron chi connectivity index (χ0n) is 12.1. The number of amides is 1. The molecule has 0 unspecified atom stereocenters. The summed E-state index contributed by atoms with van der Waals surface area (Å²) >= 11 is 1.38. The minimum atomic E-state index is -0.983. The molecule has 0 aliphatic carbocycles. The molecule has 1 N–H and O–H groups in total. The Morgan fingerprint density at radius 2 is 2.05 bits per heavy atom. The molecule has 2 rings (SSSR count). The number of nitrogens with zero attached hydrogens (tertiary/aromatic N) is 2. The van der Waals surface area contributed by atoms with Crippen molar-refractivity contribution >= 4 is 29.3 Å². The summed E-state index contributed by atoms with van der Waals surface area (Å²) in [7, 11) is 0. The van der Waals surface area contributed by atoms with Crippen molar-refractivity contribution < 1.29 is 14.7 Å². The Labute approximate surface area is 128 Å². The molecule has 0 bridgehead atoms. The van der Waals surface area contributed by atoms with Crippen LogP contribution in [0.1, 0.15) is 28.6 Å². The lowest BCUT2D eigenvalue weighted by Crippen LogP contribution is -2.48. The average molecular weight is 308 g/mol. The number of carbonyl (C=O) groups excluding carboxylic acids is 1. The van der Waals surface area contributed by atoms with Crippen LogP contribution in [0.3, 0.4) is 0 Å². The fourth-order valence-corrected chi connectivity index (χ4v) is 3.15. The van der Waals surface area contributed by atoms with Crippen molar-refractivity contribution in [3.63, 3.8) is 0 Å². The first-order chi connectivity index (χ1) is 10.1. The first kappa shape index (κ1) is 15.7. The molecule has 1 aliphatic heterocycles. The predicted octanol–water partition coefficient (Wildman–Crippen LogP) is 2.01. The van der Waals surface area contributed by atoms with Crippen molar-refractivity contribution in [1.82, 2.24) is 9.80 Å². The van der Waals surface area contributed by atoms with Crippen LogP contribution < -0.4 is 0 Å². The first-order valence-corrected chi connectivity index (χ1v) is 7.99. The van der Waals surface area contributed by atoms with Gasteiger partial charge in [0, 0.05) is 42.5 Å². The van der Waals surface area contributed by atoms with Crippen LogP contribution >= 0.6 is 11.3 Å². The molecule has 2 heterocycles. The maximum Gasteiger partial charge on any atom is 0.328 e. The predicted molar refractivity (Wildman–Crippen MR) is 83.6 cm³/mol. The van der Waals surface area contributed by atoms with Crippen molar-refractivity contribution in [3.05, 3.63) is 28.0 Å². The number of thiophene rings is 1. The molecule has 114 valence electrons. The smallest absolute Gasteiger partial charge is 0.328 e. The van der Waals surface area contributed by atoms with Crippen LogP contribution in [-0.4, -0.2) is 59.5 Å². The molecule has 5 nitrogen and oxygen atoms in total. The molecule has 0 spiro atoms. The van der Waals surface area contributed by atoms with Crippen LogP contribution in [0.5, 0.6) is 0 Å². The second kappa shape index (κ2) is 7.38. The average Bonchev–Trinajstić information content (AvgIpc) is 2.94. The summed E-state index contributed by atoms with van der Waals surface area (Å²) in [6.07, 6.45) is 3.74. The topological polar surface area (TPSA) is 60.9 Å². The minimum absolute atomic E-state index is 0.0392. The lowest BCUT2D eigenvalue weighted by atomic mass is 10.2. The number of hydrogen-bond acceptors (Lipinski definition) is 4. The largest absolute Gasteiger partial charge is 0.478 e. The SMILES string of the molecule is CCCN1CCN(C(=O)c2csc(/C=C/C(=O)O)c2)CC1. The summed E-state index contributed by atoms with van der Waals surface area (Å²) in [5.41, 5.74) is 0.647. The molecular weight excluding hydrogens is 288 g/mol. The quantitative estimate of drug-likeness (QED) is 0.845. The fourth-order valence-electron chi connectivity index (χ4n) is 2.38. The van der Waals surface area contributed by atoms with Crippen LogP contribution in [0.2, 0.25) is 0 Å². The summed E-state index contributed by atoms with van der Waals surface area (Å²) in [5, 5.41) is 10.4. The van der Waals surface area contributed by atoms with E-state index in [4.69, 9.17) is 5.11 Å². The molecule has 1 aliphatic rings. The van der Waals surface area contributed by atoms with E-state index >= 15 is 0 Å². The molecule has 1 saturated heterocycles. The van der Waals surface area contributed by atoms with E-state index in [0.29, 0.717) is 5.56 Å². The maximum atomic E-state index is 12.4. The first-order valence-electron chi connectivity index (χ1n) is 7.11. The van der Waals surface area contributed by atoms with E-state index in [1.54, 1.807) is 11.4 Å². The van der Waals surface area contributed by atoms with E-state index in [2.05, 4.69) is 11.8 Å². The number of aliphatic carboxylic acids is 1. The van der Waals surface area contributed by atoms with E-state index in [0.717, 1.165) is 50.1 Å². The summed E-state index contributed by atoms with van der Waals surface area (Å²) in [6, 6.07) is 1.75. The third-order valence-corrected chi connectivity index (χ3v) is 4.35. The van der Waals surface area contributed by atoms with Crippen LogP contribution in [0.25, 0.3) is 6.08 Å². The number of carboxylic acids is 1. The molecule has 1 aromatic rings. The van der Waals surface area contributed by atoms with E-state index in [1.165, 1.54) is 17.4 Å². The second-order valence-corrected chi connectivity index (χ2v) is 5.99. The van der Waals surface area contributed by atoms with Gasteiger partial charge >= 0.3 is 5.97 Å². The standard InChI is InChI=1S/C15H20N2O3S/c1-2-5-16-6-8-17(9-7-16)15(20)12-10-13(21-11-12)3-4-14(18)19/h3-4,10-11H,2,5-9H2,1H3,(H,18,19)/b4-3+. The van der Waals surface area contributed by atoms with Crippen molar-refractivity contribution in [2.75, 3.05) is 32.7 Å². The van der Waals surface area contributed by atoms with Gasteiger partial charge in [-0.15, -0.1) is 11.3 Å². The fraction of sp³-hybridized carbons (Fsp3) is 0.467. The molecule has 1 aromatic heterocycles. The van der Waals surface area contributed by atoms with E-state index < -0.39 is 5.97 Å². The summed E-state index contributed by atoms with van der Waals surface area (Å²) in [6.45, 7) is 6.62. The normalized spacial score (nSPS) is 16.5. The van der Waals surface area contributed by atoms with Gasteiger partial charge in [0.2, 0.25) is 0 Å². The molecular formula is C15H20N2O3S. The Morgan fingerprint density at radius 1 is 1.33 bits per heavy atom. The van der Waals surface area contributed by atoms with Crippen molar-refractivity contribution in [2.24, 2.45) is 0 Å². The lowest BCUT2D eigenvalue weighted by Gasteiger charge is -2.34. The Balaban J connectivity index is 1.93. The van der Waals surface area contributed by atoms with Crippen LogP contribution in [0, 0.1) is 0 Å². The molecule has 1 amide bonds. The van der Waals surface area contributed by atoms with Gasteiger partial charge in [0.05, 0.1) is 5.56 Å². The number of hydrogen-bond donors (Lipinski definition) is 1. The molecule has 0 radical (unpaired) electrons. The molecule has 1 fully saturated rings. The Hall–Kier alpha value is -1.66. The number of rotatable bonds is 5. The molecule has 6 heteroatoms. The highest BCUT2D eigenvalue weighted by Crippen LogP contribution is 2.18. The van der Waals surface area contributed by atoms with Gasteiger partial charge in [-0.3, -0.25) is 9.69 Å². The lowest BCUT2D eigenvalue weighted by molar-refractivity contribution is -0.131. The monoisotopic (exact) mass is 308 g/mol. The van der Waals surface area contributed by atoms with Crippen molar-refractivity contribution in [1.29, 1.82) is 0 Å². The van der Waals surface area contributed by atoms with Gasteiger partial charge in [-0.1, -0.05) is 6.92 Å². The van der Waals surface area contributed by atoms with Crippen LogP contribution in [-0.2, 0) is 4.79 Å². The Kier molecular flexibility index (Phi) is 5.52. The van der Waals surface area contributed by atoms with Gasteiger partial charge in [-0.2, -0.15) is 0 Å². The Bertz CT molecular complexity index is 531. The summed E-state index contributed by atoms with van der Waals surface area (Å²) in [4.78, 5) is 27.9. The van der Waals surface area contributed by atoms with Gasteiger partial charge in [-0.25, -0.2) is 4.79 Å². The third kappa shape index (κ3) is 4.41. The highest BCUT2D eigenvalue weighted by Gasteiger charge is 2.22. The zero-order valence-corrected chi connectivity index (χ0v) is 12.9. The highest BCUT2D eigenvalue weighted by atomic mass is 32.1. The molecule has 0 aromatic carbocycles. The second-order valence-electron chi connectivity index (χ2n) is 5.04. The van der Waals surface area contributed by atoms with E-state index in [1.807, 2.05) is 4.90 Å².